The number of aliphatic hydroxyl groups is 2. The zero-order chi connectivity index (χ0) is 26.0. The first kappa shape index (κ1) is 28.6. The standard InChI is InChI=1S/C26H33F3O6/c1-17(2)35-25(33)11-6-4-3-5-10-21-22(24(32)15-23(21)31)13-12-19(30)16-34-20-9-7-8-18(14-20)26(27,28)29/h3,5,7-9,12-14,17,19,21-22,24,30,32H,4,6,10-11,15-16H2,1-2H3/b5-3+,13-12+/t19-,21-,22-,24-/m1/s1. The lowest BCUT2D eigenvalue weighted by Gasteiger charge is -2.17. The lowest BCUT2D eigenvalue weighted by Crippen LogP contribution is -2.20. The van der Waals surface area contributed by atoms with Crippen LogP contribution in [0.1, 0.15) is 51.5 Å². The fourth-order valence-corrected chi connectivity index (χ4v) is 3.83. The number of Topliss-reactive ketones (excluding diaryl/α,β-unsaturated/α-hetero) is 1. The van der Waals surface area contributed by atoms with Crippen LogP contribution in [0.3, 0.4) is 0 Å². The van der Waals surface area contributed by atoms with E-state index in [4.69, 9.17) is 9.47 Å². The minimum Gasteiger partial charge on any atom is -0.491 e. The van der Waals surface area contributed by atoms with Gasteiger partial charge in [-0.3, -0.25) is 9.59 Å². The van der Waals surface area contributed by atoms with Crippen molar-refractivity contribution in [3.8, 4) is 5.75 Å². The monoisotopic (exact) mass is 498 g/mol. The van der Waals surface area contributed by atoms with Crippen molar-refractivity contribution in [2.24, 2.45) is 11.8 Å². The smallest absolute Gasteiger partial charge is 0.416 e. The number of ether oxygens (including phenoxy) is 2. The minimum absolute atomic E-state index is 0.0192. The van der Waals surface area contributed by atoms with E-state index in [1.165, 1.54) is 18.2 Å². The Labute approximate surface area is 203 Å². The van der Waals surface area contributed by atoms with Crippen LogP contribution in [0.25, 0.3) is 0 Å². The van der Waals surface area contributed by atoms with Gasteiger partial charge >= 0.3 is 12.1 Å². The van der Waals surface area contributed by atoms with Crippen molar-refractivity contribution in [2.45, 2.75) is 70.4 Å². The van der Waals surface area contributed by atoms with Crippen LogP contribution in [-0.2, 0) is 20.5 Å². The Balaban J connectivity index is 1.83. The number of hydrogen-bond donors (Lipinski definition) is 2. The number of unbranched alkanes of at least 4 members (excludes halogenated alkanes) is 1. The zero-order valence-electron chi connectivity index (χ0n) is 19.9. The largest absolute Gasteiger partial charge is 0.491 e. The maximum absolute atomic E-state index is 12.8. The van der Waals surface area contributed by atoms with E-state index in [-0.39, 0.29) is 36.6 Å². The van der Waals surface area contributed by atoms with Crippen molar-refractivity contribution < 1.29 is 42.4 Å². The van der Waals surface area contributed by atoms with Crippen LogP contribution in [0.2, 0.25) is 0 Å². The summed E-state index contributed by atoms with van der Waals surface area (Å²) in [5, 5.41) is 20.4. The van der Waals surface area contributed by atoms with E-state index in [0.717, 1.165) is 12.1 Å². The molecule has 1 saturated carbocycles. The van der Waals surface area contributed by atoms with E-state index in [1.807, 2.05) is 12.2 Å². The molecule has 35 heavy (non-hydrogen) atoms. The molecule has 0 heterocycles. The van der Waals surface area contributed by atoms with Gasteiger partial charge in [0.05, 0.1) is 17.8 Å². The number of carbonyl (C=O) groups excluding carboxylic acids is 2. The van der Waals surface area contributed by atoms with Gasteiger partial charge < -0.3 is 19.7 Å². The first-order valence-electron chi connectivity index (χ1n) is 11.7. The molecule has 2 N–H and O–H groups in total. The molecule has 0 aromatic heterocycles. The highest BCUT2D eigenvalue weighted by Gasteiger charge is 2.39. The van der Waals surface area contributed by atoms with E-state index in [1.54, 1.807) is 19.9 Å². The SMILES string of the molecule is CC(C)OC(=O)CCC/C=C/C[C@H]1C(=O)C[C@@H](O)[C@@H]1/C=C/[C@@H](O)COc1cccc(C(F)(F)F)c1. The van der Waals surface area contributed by atoms with Gasteiger partial charge in [-0.05, 0) is 51.3 Å². The molecule has 1 fully saturated rings. The predicted octanol–water partition coefficient (Wildman–Crippen LogP) is 4.64. The molecule has 6 nitrogen and oxygen atoms in total. The van der Waals surface area contributed by atoms with Crippen LogP contribution < -0.4 is 4.74 Å². The van der Waals surface area contributed by atoms with Gasteiger partial charge in [0.1, 0.15) is 24.2 Å². The zero-order valence-corrected chi connectivity index (χ0v) is 19.9. The average Bonchev–Trinajstić information content (AvgIpc) is 3.04. The molecule has 4 atom stereocenters. The van der Waals surface area contributed by atoms with Gasteiger partial charge in [0, 0.05) is 24.7 Å². The quantitative estimate of drug-likeness (QED) is 0.248. The number of rotatable bonds is 12. The summed E-state index contributed by atoms with van der Waals surface area (Å²) in [6.45, 7) is 3.30. The number of hydrogen-bond acceptors (Lipinski definition) is 6. The number of benzene rings is 1. The average molecular weight is 499 g/mol. The topological polar surface area (TPSA) is 93.1 Å². The lowest BCUT2D eigenvalue weighted by atomic mass is 9.90. The van der Waals surface area contributed by atoms with Gasteiger partial charge in [0.25, 0.3) is 0 Å². The molecule has 0 aliphatic heterocycles. The molecule has 194 valence electrons. The lowest BCUT2D eigenvalue weighted by molar-refractivity contribution is -0.147. The van der Waals surface area contributed by atoms with Crippen molar-refractivity contribution in [3.63, 3.8) is 0 Å². The van der Waals surface area contributed by atoms with Crippen molar-refractivity contribution >= 4 is 11.8 Å². The van der Waals surface area contributed by atoms with Gasteiger partial charge in [0.15, 0.2) is 0 Å². The molecule has 0 unspecified atom stereocenters. The molecule has 1 aromatic carbocycles. The normalized spacial score (nSPS) is 21.8. The molecular weight excluding hydrogens is 465 g/mol. The summed E-state index contributed by atoms with van der Waals surface area (Å²) in [5.74, 6) is -1.28. The number of alkyl halides is 3. The highest BCUT2D eigenvalue weighted by Crippen LogP contribution is 2.34. The van der Waals surface area contributed by atoms with Gasteiger partial charge in [-0.1, -0.05) is 30.4 Å². The summed E-state index contributed by atoms with van der Waals surface area (Å²) in [7, 11) is 0. The summed E-state index contributed by atoms with van der Waals surface area (Å²) in [6, 6.07) is 4.36. The van der Waals surface area contributed by atoms with Gasteiger partial charge in [-0.25, -0.2) is 0 Å². The van der Waals surface area contributed by atoms with Crippen molar-refractivity contribution in [2.75, 3.05) is 6.61 Å². The van der Waals surface area contributed by atoms with Crippen LogP contribution in [0.5, 0.6) is 5.75 Å². The molecule has 1 aliphatic carbocycles. The Morgan fingerprint density at radius 2 is 2.00 bits per heavy atom. The third kappa shape index (κ3) is 9.85. The number of halogens is 3. The van der Waals surface area contributed by atoms with Crippen LogP contribution >= 0.6 is 0 Å². The molecule has 0 radical (unpaired) electrons. The summed E-state index contributed by atoms with van der Waals surface area (Å²) >= 11 is 0. The van der Waals surface area contributed by atoms with Crippen molar-refractivity contribution in [1.29, 1.82) is 0 Å². The van der Waals surface area contributed by atoms with Gasteiger partial charge in [-0.15, -0.1) is 0 Å². The fourth-order valence-electron chi connectivity index (χ4n) is 3.83. The van der Waals surface area contributed by atoms with E-state index in [9.17, 15) is 33.0 Å². The van der Waals surface area contributed by atoms with Gasteiger partial charge in [-0.2, -0.15) is 13.2 Å². The predicted molar refractivity (Wildman–Crippen MR) is 124 cm³/mol. The van der Waals surface area contributed by atoms with Crippen LogP contribution in [0, 0.1) is 11.8 Å². The molecule has 0 amide bonds. The Kier molecular flexibility index (Phi) is 11.0. The highest BCUT2D eigenvalue weighted by atomic mass is 19.4. The van der Waals surface area contributed by atoms with Crippen LogP contribution in [-0.4, -0.2) is 46.9 Å². The van der Waals surface area contributed by atoms with E-state index >= 15 is 0 Å². The molecule has 1 aliphatic rings. The highest BCUT2D eigenvalue weighted by molar-refractivity contribution is 5.84. The molecule has 0 bridgehead atoms. The molecule has 9 heteroatoms. The summed E-state index contributed by atoms with van der Waals surface area (Å²) in [5.41, 5.74) is -0.848. The number of esters is 1. The fraction of sp³-hybridized carbons (Fsp3) is 0.538. The molecule has 0 saturated heterocycles. The Hall–Kier alpha value is -2.65. The van der Waals surface area contributed by atoms with Crippen LogP contribution in [0.4, 0.5) is 13.2 Å². The van der Waals surface area contributed by atoms with Crippen molar-refractivity contribution in [3.05, 3.63) is 54.1 Å². The molecule has 1 aromatic rings. The summed E-state index contributed by atoms with van der Waals surface area (Å²) in [4.78, 5) is 23.8. The first-order valence-corrected chi connectivity index (χ1v) is 11.7. The Bertz CT molecular complexity index is 893. The maximum Gasteiger partial charge on any atom is 0.416 e. The second-order valence-corrected chi connectivity index (χ2v) is 8.85. The third-order valence-electron chi connectivity index (χ3n) is 5.55. The second-order valence-electron chi connectivity index (χ2n) is 8.85. The van der Waals surface area contributed by atoms with E-state index < -0.39 is 35.8 Å². The Morgan fingerprint density at radius 1 is 1.26 bits per heavy atom. The summed E-state index contributed by atoms with van der Waals surface area (Å²) < 4.78 is 48.7. The molecule has 0 spiro atoms. The number of carbonyl (C=O) groups is 2. The number of aliphatic hydroxyl groups excluding tert-OH is 2. The number of allylic oxidation sites excluding steroid dienone is 2. The van der Waals surface area contributed by atoms with Gasteiger partial charge in [0.2, 0.25) is 0 Å². The minimum atomic E-state index is -4.49. The second kappa shape index (κ2) is 13.4. The molecule has 2 rings (SSSR count). The van der Waals surface area contributed by atoms with E-state index in [2.05, 4.69) is 0 Å². The molecular formula is C26H33F3O6. The number of ketones is 1. The Morgan fingerprint density at radius 3 is 2.69 bits per heavy atom. The van der Waals surface area contributed by atoms with Crippen molar-refractivity contribution in [1.82, 2.24) is 0 Å². The third-order valence-corrected chi connectivity index (χ3v) is 5.55. The maximum atomic E-state index is 12.8. The summed E-state index contributed by atoms with van der Waals surface area (Å²) in [6.07, 6.45) is 2.08. The van der Waals surface area contributed by atoms with E-state index in [0.29, 0.717) is 25.7 Å². The van der Waals surface area contributed by atoms with Crippen LogP contribution in [0.15, 0.2) is 48.6 Å². The first-order chi connectivity index (χ1) is 16.5.